The molecule has 0 saturated carbocycles. The highest BCUT2D eigenvalue weighted by atomic mass is 16.5. The normalized spacial score (nSPS) is 10.9. The van der Waals surface area contributed by atoms with Gasteiger partial charge in [0.2, 0.25) is 0 Å². The summed E-state index contributed by atoms with van der Waals surface area (Å²) in [5.74, 6) is 0.787. The molecule has 0 N–H and O–H groups in total. The van der Waals surface area contributed by atoms with Crippen molar-refractivity contribution in [2.24, 2.45) is 0 Å². The Hall–Kier alpha value is -3.33. The second-order valence-corrected chi connectivity index (χ2v) is 6.82. The predicted molar refractivity (Wildman–Crippen MR) is 114 cm³/mol. The standard InChI is InChI=1S/C25H23NO2/c1-3-16-26-22-15-14-20(28-2)17-21(22)23(24(26)18-10-6-4-7-11-18)25(27)19-12-8-5-9-13-19/h4-15,17H,3,16H2,1-2H3. The fourth-order valence-electron chi connectivity index (χ4n) is 3.78. The van der Waals surface area contributed by atoms with Crippen LogP contribution in [0.1, 0.15) is 29.3 Å². The largest absolute Gasteiger partial charge is 0.497 e. The summed E-state index contributed by atoms with van der Waals surface area (Å²) in [4.78, 5) is 13.6. The number of carbonyl (C=O) groups excluding carboxylic acids is 1. The predicted octanol–water partition coefficient (Wildman–Crippen LogP) is 5.96. The Morgan fingerprint density at radius 2 is 1.61 bits per heavy atom. The first-order valence-corrected chi connectivity index (χ1v) is 9.60. The molecule has 1 heterocycles. The average Bonchev–Trinajstić information content (AvgIpc) is 3.08. The molecule has 0 atom stereocenters. The van der Waals surface area contributed by atoms with Gasteiger partial charge < -0.3 is 9.30 Å². The molecule has 3 aromatic carbocycles. The molecule has 3 heteroatoms. The Balaban J connectivity index is 2.08. The third-order valence-corrected chi connectivity index (χ3v) is 5.03. The number of ether oxygens (including phenoxy) is 1. The van der Waals surface area contributed by atoms with Crippen LogP contribution in [0.5, 0.6) is 5.75 Å². The van der Waals surface area contributed by atoms with Gasteiger partial charge in [0.1, 0.15) is 5.75 Å². The molecule has 0 saturated heterocycles. The lowest BCUT2D eigenvalue weighted by Crippen LogP contribution is -2.05. The van der Waals surface area contributed by atoms with Gasteiger partial charge in [-0.25, -0.2) is 0 Å². The van der Waals surface area contributed by atoms with Gasteiger partial charge in [-0.15, -0.1) is 0 Å². The first-order chi connectivity index (χ1) is 13.7. The molecule has 4 aromatic rings. The van der Waals surface area contributed by atoms with E-state index in [9.17, 15) is 4.79 Å². The van der Waals surface area contributed by atoms with Crippen molar-refractivity contribution in [2.45, 2.75) is 19.9 Å². The minimum absolute atomic E-state index is 0.0348. The van der Waals surface area contributed by atoms with Crippen LogP contribution in [0.3, 0.4) is 0 Å². The van der Waals surface area contributed by atoms with Gasteiger partial charge in [0, 0.05) is 23.0 Å². The number of aryl methyl sites for hydroxylation is 1. The van der Waals surface area contributed by atoms with E-state index in [1.165, 1.54) is 0 Å². The van der Waals surface area contributed by atoms with Crippen LogP contribution in [-0.2, 0) is 6.54 Å². The maximum Gasteiger partial charge on any atom is 0.195 e. The minimum Gasteiger partial charge on any atom is -0.497 e. The van der Waals surface area contributed by atoms with Gasteiger partial charge in [-0.3, -0.25) is 4.79 Å². The van der Waals surface area contributed by atoms with Crippen molar-refractivity contribution in [3.63, 3.8) is 0 Å². The molecule has 3 nitrogen and oxygen atoms in total. The summed E-state index contributed by atoms with van der Waals surface area (Å²) in [6, 6.07) is 25.6. The summed E-state index contributed by atoms with van der Waals surface area (Å²) in [7, 11) is 1.65. The number of aromatic nitrogens is 1. The van der Waals surface area contributed by atoms with Gasteiger partial charge in [-0.1, -0.05) is 67.6 Å². The van der Waals surface area contributed by atoms with Gasteiger partial charge in [-0.2, -0.15) is 0 Å². The van der Waals surface area contributed by atoms with E-state index in [2.05, 4.69) is 29.7 Å². The lowest BCUT2D eigenvalue weighted by Gasteiger charge is -2.11. The Labute approximate surface area is 165 Å². The van der Waals surface area contributed by atoms with Crippen LogP contribution in [0.4, 0.5) is 0 Å². The lowest BCUT2D eigenvalue weighted by atomic mass is 9.97. The Morgan fingerprint density at radius 1 is 0.929 bits per heavy atom. The third-order valence-electron chi connectivity index (χ3n) is 5.03. The maximum atomic E-state index is 13.6. The molecule has 0 spiro atoms. The van der Waals surface area contributed by atoms with Crippen molar-refractivity contribution < 1.29 is 9.53 Å². The highest BCUT2D eigenvalue weighted by molar-refractivity contribution is 6.20. The molecule has 1 aromatic heterocycles. The van der Waals surface area contributed by atoms with E-state index in [0.29, 0.717) is 5.56 Å². The molecule has 0 aliphatic heterocycles. The Bertz CT molecular complexity index is 1110. The molecule has 0 bridgehead atoms. The number of hydrogen-bond donors (Lipinski definition) is 0. The molecule has 4 rings (SSSR count). The number of benzene rings is 3. The topological polar surface area (TPSA) is 31.2 Å². The highest BCUT2D eigenvalue weighted by Gasteiger charge is 2.24. The summed E-state index contributed by atoms with van der Waals surface area (Å²) in [6.07, 6.45) is 0.981. The number of rotatable bonds is 6. The van der Waals surface area contributed by atoms with Crippen LogP contribution in [0.25, 0.3) is 22.2 Å². The average molecular weight is 369 g/mol. The molecular weight excluding hydrogens is 346 g/mol. The first-order valence-electron chi connectivity index (χ1n) is 9.60. The Kier molecular flexibility index (Phi) is 4.98. The van der Waals surface area contributed by atoms with Crippen LogP contribution in [-0.4, -0.2) is 17.5 Å². The van der Waals surface area contributed by atoms with Gasteiger partial charge in [0.05, 0.1) is 18.4 Å². The summed E-state index contributed by atoms with van der Waals surface area (Å²) in [5.41, 5.74) is 4.50. The second-order valence-electron chi connectivity index (χ2n) is 6.82. The van der Waals surface area contributed by atoms with E-state index in [1.54, 1.807) is 7.11 Å². The van der Waals surface area contributed by atoms with Crippen molar-refractivity contribution in [1.82, 2.24) is 4.57 Å². The van der Waals surface area contributed by atoms with E-state index in [4.69, 9.17) is 4.74 Å². The fourth-order valence-corrected chi connectivity index (χ4v) is 3.78. The lowest BCUT2D eigenvalue weighted by molar-refractivity contribution is 0.104. The maximum absolute atomic E-state index is 13.6. The molecule has 0 aliphatic rings. The number of hydrogen-bond acceptors (Lipinski definition) is 2. The van der Waals surface area contributed by atoms with Crippen LogP contribution in [0.2, 0.25) is 0 Å². The van der Waals surface area contributed by atoms with Crippen molar-refractivity contribution in [2.75, 3.05) is 7.11 Å². The summed E-state index contributed by atoms with van der Waals surface area (Å²) in [6.45, 7) is 3.00. The van der Waals surface area contributed by atoms with Crippen LogP contribution >= 0.6 is 0 Å². The van der Waals surface area contributed by atoms with E-state index >= 15 is 0 Å². The number of nitrogens with zero attached hydrogens (tertiary/aromatic N) is 1. The molecule has 0 unspecified atom stereocenters. The van der Waals surface area contributed by atoms with Crippen molar-refractivity contribution in [1.29, 1.82) is 0 Å². The number of fused-ring (bicyclic) bond motifs is 1. The van der Waals surface area contributed by atoms with Crippen molar-refractivity contribution in [3.05, 3.63) is 90.0 Å². The zero-order chi connectivity index (χ0) is 19.5. The molecule has 0 radical (unpaired) electrons. The van der Waals surface area contributed by atoms with E-state index in [0.717, 1.165) is 46.4 Å². The zero-order valence-electron chi connectivity index (χ0n) is 16.2. The zero-order valence-corrected chi connectivity index (χ0v) is 16.2. The minimum atomic E-state index is 0.0348. The van der Waals surface area contributed by atoms with E-state index < -0.39 is 0 Å². The monoisotopic (exact) mass is 369 g/mol. The number of methoxy groups -OCH3 is 1. The summed E-state index contributed by atoms with van der Waals surface area (Å²) >= 11 is 0. The molecule has 28 heavy (non-hydrogen) atoms. The fraction of sp³-hybridized carbons (Fsp3) is 0.160. The number of carbonyl (C=O) groups is 1. The third kappa shape index (κ3) is 3.09. The van der Waals surface area contributed by atoms with Gasteiger partial charge >= 0.3 is 0 Å². The molecule has 0 amide bonds. The Morgan fingerprint density at radius 3 is 2.25 bits per heavy atom. The van der Waals surface area contributed by atoms with Crippen LogP contribution in [0, 0.1) is 0 Å². The quantitative estimate of drug-likeness (QED) is 0.393. The molecule has 0 aliphatic carbocycles. The van der Waals surface area contributed by atoms with Gasteiger partial charge in [-0.05, 0) is 30.2 Å². The molecule has 140 valence electrons. The summed E-state index contributed by atoms with van der Waals surface area (Å²) < 4.78 is 7.72. The van der Waals surface area contributed by atoms with Gasteiger partial charge in [0.25, 0.3) is 0 Å². The van der Waals surface area contributed by atoms with Gasteiger partial charge in [0.15, 0.2) is 5.78 Å². The number of ketones is 1. The first kappa shape index (κ1) is 18.1. The van der Waals surface area contributed by atoms with Crippen molar-refractivity contribution in [3.8, 4) is 17.0 Å². The summed E-state index contributed by atoms with van der Waals surface area (Å²) in [5, 5.41) is 0.931. The second kappa shape index (κ2) is 7.73. The highest BCUT2D eigenvalue weighted by Crippen LogP contribution is 2.37. The molecular formula is C25H23NO2. The SMILES string of the molecule is CCCn1c(-c2ccccc2)c(C(=O)c2ccccc2)c2cc(OC)ccc21. The van der Waals surface area contributed by atoms with Crippen LogP contribution < -0.4 is 4.74 Å². The molecule has 0 fully saturated rings. The van der Waals surface area contributed by atoms with E-state index in [1.807, 2.05) is 60.7 Å². The van der Waals surface area contributed by atoms with E-state index in [-0.39, 0.29) is 5.78 Å². The van der Waals surface area contributed by atoms with Crippen molar-refractivity contribution >= 4 is 16.7 Å². The smallest absolute Gasteiger partial charge is 0.195 e. The van der Waals surface area contributed by atoms with Crippen LogP contribution in [0.15, 0.2) is 78.9 Å².